The molecule has 21 heavy (non-hydrogen) atoms. The molecule has 0 aliphatic heterocycles. The fraction of sp³-hybridized carbons (Fsp3) is 0.882. The van der Waals surface area contributed by atoms with Gasteiger partial charge >= 0.3 is 5.97 Å². The molecule has 0 bridgehead atoms. The molecule has 0 aromatic rings. The molecule has 0 radical (unpaired) electrons. The summed E-state index contributed by atoms with van der Waals surface area (Å²) in [7, 11) is 0. The van der Waals surface area contributed by atoms with Gasteiger partial charge in [-0.1, -0.05) is 44.9 Å². The Morgan fingerprint density at radius 3 is 2.14 bits per heavy atom. The predicted molar refractivity (Wildman–Crippen MR) is 82.0 cm³/mol. The van der Waals surface area contributed by atoms with Gasteiger partial charge in [0.05, 0.1) is 6.42 Å². The third-order valence-corrected chi connectivity index (χ3v) is 5.14. The number of nitrogens with zero attached hydrogens (tertiary/aromatic N) is 1. The molecule has 0 spiro atoms. The highest BCUT2D eigenvalue weighted by Crippen LogP contribution is 2.29. The highest BCUT2D eigenvalue weighted by Gasteiger charge is 2.27. The summed E-state index contributed by atoms with van der Waals surface area (Å²) in [4.78, 5) is 25.2. The summed E-state index contributed by atoms with van der Waals surface area (Å²) >= 11 is 0. The Hall–Kier alpha value is -1.06. The van der Waals surface area contributed by atoms with Crippen molar-refractivity contribution < 1.29 is 14.7 Å². The van der Waals surface area contributed by atoms with Gasteiger partial charge in [0.1, 0.15) is 0 Å². The lowest BCUT2D eigenvalue weighted by Gasteiger charge is -2.30. The molecule has 1 N–H and O–H groups in total. The number of carboxylic acids is 1. The van der Waals surface area contributed by atoms with Crippen molar-refractivity contribution in [3.63, 3.8) is 0 Å². The molecule has 1 amide bonds. The summed E-state index contributed by atoms with van der Waals surface area (Å²) in [5.41, 5.74) is 0. The fourth-order valence-corrected chi connectivity index (χ4v) is 3.89. The molecule has 4 nitrogen and oxygen atoms in total. The van der Waals surface area contributed by atoms with E-state index in [1.165, 1.54) is 44.9 Å². The molecule has 2 saturated carbocycles. The van der Waals surface area contributed by atoms with Gasteiger partial charge < -0.3 is 10.0 Å². The molecule has 120 valence electrons. The van der Waals surface area contributed by atoms with Gasteiger partial charge in [-0.2, -0.15) is 0 Å². The number of carbonyl (C=O) groups is 2. The predicted octanol–water partition coefficient (Wildman–Crippen LogP) is 3.59. The molecular formula is C17H29NO3. The molecule has 0 aromatic carbocycles. The number of aliphatic carboxylic acids is 1. The number of hydrogen-bond acceptors (Lipinski definition) is 2. The van der Waals surface area contributed by atoms with E-state index in [2.05, 4.69) is 0 Å². The first-order chi connectivity index (χ1) is 10.2. The van der Waals surface area contributed by atoms with Crippen LogP contribution in [0.3, 0.4) is 0 Å². The Balaban J connectivity index is 1.82. The van der Waals surface area contributed by atoms with Crippen molar-refractivity contribution in [1.29, 1.82) is 0 Å². The van der Waals surface area contributed by atoms with E-state index in [4.69, 9.17) is 5.11 Å². The zero-order valence-corrected chi connectivity index (χ0v) is 13.1. The largest absolute Gasteiger partial charge is 0.481 e. The first-order valence-corrected chi connectivity index (χ1v) is 8.68. The van der Waals surface area contributed by atoms with E-state index in [9.17, 15) is 9.59 Å². The van der Waals surface area contributed by atoms with Gasteiger partial charge in [-0.25, -0.2) is 0 Å². The first-order valence-electron chi connectivity index (χ1n) is 8.68. The van der Waals surface area contributed by atoms with Crippen LogP contribution < -0.4 is 0 Å². The molecule has 0 saturated heterocycles. The van der Waals surface area contributed by atoms with E-state index in [1.54, 1.807) is 0 Å². The maximum absolute atomic E-state index is 12.5. The molecule has 0 aromatic heterocycles. The third kappa shape index (κ3) is 5.33. The van der Waals surface area contributed by atoms with E-state index in [0.717, 1.165) is 19.3 Å². The first kappa shape index (κ1) is 16.3. The molecule has 4 heteroatoms. The Morgan fingerprint density at radius 2 is 1.52 bits per heavy atom. The van der Waals surface area contributed by atoms with Crippen LogP contribution in [0.1, 0.15) is 77.0 Å². The van der Waals surface area contributed by atoms with Gasteiger partial charge in [0.2, 0.25) is 5.91 Å². The number of amides is 1. The molecule has 0 heterocycles. The summed E-state index contributed by atoms with van der Waals surface area (Å²) in [6.07, 6.45) is 12.6. The summed E-state index contributed by atoms with van der Waals surface area (Å²) in [6, 6.07) is 0.295. The molecular weight excluding hydrogens is 266 g/mol. The lowest BCUT2D eigenvalue weighted by atomic mass is 9.86. The van der Waals surface area contributed by atoms with Gasteiger partial charge in [-0.15, -0.1) is 0 Å². The van der Waals surface area contributed by atoms with Crippen molar-refractivity contribution >= 4 is 11.9 Å². The van der Waals surface area contributed by atoms with E-state index in [0.29, 0.717) is 24.9 Å². The number of rotatable bonds is 7. The lowest BCUT2D eigenvalue weighted by molar-refractivity contribution is -0.139. The van der Waals surface area contributed by atoms with Crippen LogP contribution in [-0.2, 0) is 9.59 Å². The Morgan fingerprint density at radius 1 is 0.905 bits per heavy atom. The summed E-state index contributed by atoms with van der Waals surface area (Å²) < 4.78 is 0. The third-order valence-electron chi connectivity index (χ3n) is 5.14. The Kier molecular flexibility index (Phi) is 6.52. The van der Waals surface area contributed by atoms with Gasteiger partial charge in [0, 0.05) is 19.0 Å². The fourth-order valence-electron chi connectivity index (χ4n) is 3.89. The maximum Gasteiger partial charge on any atom is 0.305 e. The second-order valence-corrected chi connectivity index (χ2v) is 6.71. The van der Waals surface area contributed by atoms with Crippen molar-refractivity contribution in [2.45, 2.75) is 83.1 Å². The van der Waals surface area contributed by atoms with E-state index < -0.39 is 5.97 Å². The van der Waals surface area contributed by atoms with Gasteiger partial charge in [0.25, 0.3) is 0 Å². The van der Waals surface area contributed by atoms with Crippen LogP contribution in [0.5, 0.6) is 0 Å². The molecule has 2 fully saturated rings. The smallest absolute Gasteiger partial charge is 0.305 e. The summed E-state index contributed by atoms with van der Waals surface area (Å²) in [6.45, 7) is 0.392. The average molecular weight is 295 g/mol. The van der Waals surface area contributed by atoms with Crippen molar-refractivity contribution in [1.82, 2.24) is 4.90 Å². The quantitative estimate of drug-likeness (QED) is 0.781. The molecule has 2 aliphatic rings. The average Bonchev–Trinajstić information content (AvgIpc) is 3.00. The molecule has 2 rings (SSSR count). The number of carbonyl (C=O) groups excluding carboxylic acids is 1. The Bertz CT molecular complexity index is 344. The van der Waals surface area contributed by atoms with Crippen molar-refractivity contribution in [3.05, 3.63) is 0 Å². The van der Waals surface area contributed by atoms with Crippen LogP contribution in [0.4, 0.5) is 0 Å². The second kappa shape index (κ2) is 8.40. The molecule has 0 atom stereocenters. The van der Waals surface area contributed by atoms with Crippen molar-refractivity contribution in [2.24, 2.45) is 5.92 Å². The van der Waals surface area contributed by atoms with Crippen LogP contribution in [-0.4, -0.2) is 34.5 Å². The lowest BCUT2D eigenvalue weighted by Crippen LogP contribution is -2.40. The number of carboxylic acid groups (broad SMARTS) is 1. The van der Waals surface area contributed by atoms with Crippen molar-refractivity contribution in [3.8, 4) is 0 Å². The summed E-state index contributed by atoms with van der Waals surface area (Å²) in [5, 5.41) is 8.88. The van der Waals surface area contributed by atoms with E-state index >= 15 is 0 Å². The zero-order valence-electron chi connectivity index (χ0n) is 13.1. The molecule has 0 unspecified atom stereocenters. The van der Waals surface area contributed by atoms with Gasteiger partial charge in [-0.05, 0) is 25.2 Å². The highest BCUT2D eigenvalue weighted by atomic mass is 16.4. The minimum absolute atomic E-state index is 0.0751. The highest BCUT2D eigenvalue weighted by molar-refractivity contribution is 5.77. The monoisotopic (exact) mass is 295 g/mol. The van der Waals surface area contributed by atoms with Gasteiger partial charge in [0.15, 0.2) is 0 Å². The van der Waals surface area contributed by atoms with Crippen LogP contribution in [0, 0.1) is 5.92 Å². The number of hydrogen-bond donors (Lipinski definition) is 1. The molecule has 2 aliphatic carbocycles. The van der Waals surface area contributed by atoms with Crippen LogP contribution in [0.15, 0.2) is 0 Å². The maximum atomic E-state index is 12.5. The minimum Gasteiger partial charge on any atom is -0.481 e. The van der Waals surface area contributed by atoms with E-state index in [-0.39, 0.29) is 12.3 Å². The van der Waals surface area contributed by atoms with Crippen LogP contribution in [0.25, 0.3) is 0 Å². The topological polar surface area (TPSA) is 57.6 Å². The van der Waals surface area contributed by atoms with E-state index in [1.807, 2.05) is 4.90 Å². The van der Waals surface area contributed by atoms with Crippen LogP contribution >= 0.6 is 0 Å². The SMILES string of the molecule is O=C(O)CCN(C(=O)CCC1CCCCC1)C1CCCC1. The Labute approximate surface area is 127 Å². The zero-order chi connectivity index (χ0) is 15.1. The van der Waals surface area contributed by atoms with Crippen molar-refractivity contribution in [2.75, 3.05) is 6.54 Å². The van der Waals surface area contributed by atoms with Crippen LogP contribution in [0.2, 0.25) is 0 Å². The minimum atomic E-state index is -0.807. The second-order valence-electron chi connectivity index (χ2n) is 6.71. The van der Waals surface area contributed by atoms with Gasteiger partial charge in [-0.3, -0.25) is 9.59 Å². The standard InChI is InChI=1S/C17H29NO3/c19-16(11-10-14-6-2-1-3-7-14)18(13-12-17(20)21)15-8-4-5-9-15/h14-15H,1-13H2,(H,20,21). The summed E-state index contributed by atoms with van der Waals surface area (Å²) in [5.74, 6) is 0.0967. The normalized spacial score (nSPS) is 20.6.